The van der Waals surface area contributed by atoms with Crippen LogP contribution in [-0.4, -0.2) is 23.3 Å². The number of thiophene rings is 1. The number of aromatic nitrogens is 1. The van der Waals surface area contributed by atoms with Crippen LogP contribution in [0.4, 0.5) is 10.8 Å². The zero-order valence-corrected chi connectivity index (χ0v) is 16.5. The van der Waals surface area contributed by atoms with Gasteiger partial charge in [-0.15, -0.1) is 22.7 Å². The number of nitrogens with zero attached hydrogens (tertiary/aromatic N) is 2. The van der Waals surface area contributed by atoms with E-state index in [0.29, 0.717) is 24.5 Å². The van der Waals surface area contributed by atoms with E-state index < -0.39 is 0 Å². The van der Waals surface area contributed by atoms with Crippen LogP contribution in [-0.2, 0) is 9.59 Å². The van der Waals surface area contributed by atoms with Crippen molar-refractivity contribution in [3.8, 4) is 10.6 Å². The van der Waals surface area contributed by atoms with Crippen LogP contribution < -0.4 is 10.2 Å². The Kier molecular flexibility index (Phi) is 5.05. The largest absolute Gasteiger partial charge is 0.312 e. The molecule has 0 saturated heterocycles. The summed E-state index contributed by atoms with van der Waals surface area (Å²) in [6.07, 6.45) is 1.11. The molecule has 1 N–H and O–H groups in total. The number of amides is 2. The summed E-state index contributed by atoms with van der Waals surface area (Å²) in [7, 11) is 0. The number of para-hydroxylation sites is 1. The van der Waals surface area contributed by atoms with Crippen LogP contribution in [0, 0.1) is 0 Å². The quantitative estimate of drug-likeness (QED) is 0.676. The summed E-state index contributed by atoms with van der Waals surface area (Å²) in [5.41, 5.74) is 3.01. The minimum atomic E-state index is -0.0409. The molecule has 0 saturated carbocycles. The van der Waals surface area contributed by atoms with Gasteiger partial charge in [-0.05, 0) is 29.5 Å². The summed E-state index contributed by atoms with van der Waals surface area (Å²) < 4.78 is 0. The number of nitrogens with one attached hydrogen (secondary N) is 1. The summed E-state index contributed by atoms with van der Waals surface area (Å²) in [6, 6.07) is 12.0. The van der Waals surface area contributed by atoms with E-state index in [1.54, 1.807) is 23.2 Å². The molecule has 0 bridgehead atoms. The van der Waals surface area contributed by atoms with E-state index >= 15 is 0 Å². The Hall–Kier alpha value is -2.51. The molecule has 0 aliphatic carbocycles. The zero-order valence-electron chi connectivity index (χ0n) is 14.8. The third kappa shape index (κ3) is 3.79. The standard InChI is InChI=1S/C20H19N3O2S2/c1-13(24)23-11-14(15-5-2-3-6-17(15)23)8-9-19(25)22-20-21-16(12-27-20)18-7-4-10-26-18/h2-7,10,12,14H,8-9,11H2,1H3,(H,21,22,25)/t14-/m1/s1. The molecule has 1 aliphatic heterocycles. The van der Waals surface area contributed by atoms with Crippen molar-refractivity contribution in [2.45, 2.75) is 25.7 Å². The van der Waals surface area contributed by atoms with E-state index in [2.05, 4.69) is 16.4 Å². The molecule has 0 unspecified atom stereocenters. The molecule has 3 heterocycles. The van der Waals surface area contributed by atoms with Gasteiger partial charge in [-0.1, -0.05) is 24.3 Å². The van der Waals surface area contributed by atoms with E-state index in [1.165, 1.54) is 11.3 Å². The number of hydrogen-bond donors (Lipinski definition) is 1. The van der Waals surface area contributed by atoms with Gasteiger partial charge in [0.05, 0.1) is 10.6 Å². The molecule has 3 aromatic rings. The highest BCUT2D eigenvalue weighted by Gasteiger charge is 2.30. The Morgan fingerprint density at radius 2 is 2.07 bits per heavy atom. The monoisotopic (exact) mass is 397 g/mol. The highest BCUT2D eigenvalue weighted by Crippen LogP contribution is 2.38. The first kappa shape index (κ1) is 17.9. The molecule has 0 radical (unpaired) electrons. The maximum Gasteiger partial charge on any atom is 0.226 e. The maximum atomic E-state index is 12.4. The van der Waals surface area contributed by atoms with Gasteiger partial charge in [0, 0.05) is 36.9 Å². The molecule has 0 fully saturated rings. The lowest BCUT2D eigenvalue weighted by atomic mass is 9.96. The number of hydrogen-bond acceptors (Lipinski definition) is 5. The second-order valence-electron chi connectivity index (χ2n) is 6.49. The highest BCUT2D eigenvalue weighted by atomic mass is 32.1. The molecule has 7 heteroatoms. The van der Waals surface area contributed by atoms with Crippen LogP contribution in [0.15, 0.2) is 47.2 Å². The molecule has 1 aromatic carbocycles. The Morgan fingerprint density at radius 3 is 2.85 bits per heavy atom. The topological polar surface area (TPSA) is 62.3 Å². The van der Waals surface area contributed by atoms with Crippen molar-refractivity contribution in [2.75, 3.05) is 16.8 Å². The number of thiazole rings is 1. The Morgan fingerprint density at radius 1 is 1.22 bits per heavy atom. The number of rotatable bonds is 5. The van der Waals surface area contributed by atoms with Crippen molar-refractivity contribution in [1.29, 1.82) is 0 Å². The van der Waals surface area contributed by atoms with Crippen molar-refractivity contribution < 1.29 is 9.59 Å². The molecule has 1 atom stereocenters. The molecule has 2 aromatic heterocycles. The molecular weight excluding hydrogens is 378 g/mol. The second kappa shape index (κ2) is 7.62. The van der Waals surface area contributed by atoms with Gasteiger partial charge in [0.25, 0.3) is 0 Å². The van der Waals surface area contributed by atoms with Crippen LogP contribution in [0.2, 0.25) is 0 Å². The lowest BCUT2D eigenvalue weighted by Gasteiger charge is -2.15. The number of carbonyl (C=O) groups excluding carboxylic acids is 2. The molecule has 4 rings (SSSR count). The number of anilines is 2. The smallest absolute Gasteiger partial charge is 0.226 e. The van der Waals surface area contributed by atoms with Gasteiger partial charge in [0.1, 0.15) is 0 Å². The van der Waals surface area contributed by atoms with Gasteiger partial charge in [-0.3, -0.25) is 9.59 Å². The molecule has 5 nitrogen and oxygen atoms in total. The van der Waals surface area contributed by atoms with Gasteiger partial charge in [0.2, 0.25) is 11.8 Å². The molecule has 1 aliphatic rings. The fourth-order valence-corrected chi connectivity index (χ4v) is 4.88. The first-order valence-electron chi connectivity index (χ1n) is 8.78. The summed E-state index contributed by atoms with van der Waals surface area (Å²) in [6.45, 7) is 2.22. The third-order valence-corrected chi connectivity index (χ3v) is 6.34. The molecule has 0 spiro atoms. The number of benzene rings is 1. The predicted molar refractivity (Wildman–Crippen MR) is 111 cm³/mol. The highest BCUT2D eigenvalue weighted by molar-refractivity contribution is 7.16. The summed E-state index contributed by atoms with van der Waals surface area (Å²) in [4.78, 5) is 31.6. The maximum absolute atomic E-state index is 12.4. The van der Waals surface area contributed by atoms with Crippen LogP contribution in [0.25, 0.3) is 10.6 Å². The van der Waals surface area contributed by atoms with Crippen molar-refractivity contribution in [1.82, 2.24) is 4.98 Å². The molecule has 2 amide bonds. The third-order valence-electron chi connectivity index (χ3n) is 4.69. The van der Waals surface area contributed by atoms with Crippen LogP contribution in [0.1, 0.15) is 31.2 Å². The van der Waals surface area contributed by atoms with Gasteiger partial charge in [0.15, 0.2) is 5.13 Å². The van der Waals surface area contributed by atoms with Crippen molar-refractivity contribution >= 4 is 45.3 Å². The first-order chi connectivity index (χ1) is 13.1. The van der Waals surface area contributed by atoms with Gasteiger partial charge in [-0.2, -0.15) is 0 Å². The van der Waals surface area contributed by atoms with E-state index in [0.717, 1.165) is 21.8 Å². The lowest BCUT2D eigenvalue weighted by molar-refractivity contribution is -0.116. The average molecular weight is 398 g/mol. The number of fused-ring (bicyclic) bond motifs is 1. The fourth-order valence-electron chi connectivity index (χ4n) is 3.40. The Balaban J connectivity index is 1.37. The van der Waals surface area contributed by atoms with Gasteiger partial charge in [-0.25, -0.2) is 4.98 Å². The predicted octanol–water partition coefficient (Wildman–Crippen LogP) is 4.74. The van der Waals surface area contributed by atoms with Crippen LogP contribution in [0.3, 0.4) is 0 Å². The van der Waals surface area contributed by atoms with E-state index in [-0.39, 0.29) is 17.7 Å². The minimum Gasteiger partial charge on any atom is -0.312 e. The SMILES string of the molecule is CC(=O)N1C[C@@H](CCC(=O)Nc2nc(-c3cccs3)cs2)c2ccccc21. The summed E-state index contributed by atoms with van der Waals surface area (Å²) in [5.74, 6) is 0.188. The first-order valence-corrected chi connectivity index (χ1v) is 10.5. The second-order valence-corrected chi connectivity index (χ2v) is 8.29. The van der Waals surface area contributed by atoms with Crippen molar-refractivity contribution in [3.05, 3.63) is 52.7 Å². The summed E-state index contributed by atoms with van der Waals surface area (Å²) >= 11 is 3.07. The average Bonchev–Trinajstić information content (AvgIpc) is 3.39. The lowest BCUT2D eigenvalue weighted by Crippen LogP contribution is -2.27. The van der Waals surface area contributed by atoms with E-state index in [4.69, 9.17) is 0 Å². The van der Waals surface area contributed by atoms with Crippen molar-refractivity contribution in [3.63, 3.8) is 0 Å². The van der Waals surface area contributed by atoms with Gasteiger partial charge >= 0.3 is 0 Å². The van der Waals surface area contributed by atoms with Gasteiger partial charge < -0.3 is 10.2 Å². The zero-order chi connectivity index (χ0) is 18.8. The molecular formula is C20H19N3O2S2. The van der Waals surface area contributed by atoms with E-state index in [9.17, 15) is 9.59 Å². The van der Waals surface area contributed by atoms with Crippen LogP contribution >= 0.6 is 22.7 Å². The molecule has 138 valence electrons. The Labute approximate surface area is 165 Å². The normalized spacial score (nSPS) is 15.6. The van der Waals surface area contributed by atoms with E-state index in [1.807, 2.05) is 41.1 Å². The molecule has 27 heavy (non-hydrogen) atoms. The Bertz CT molecular complexity index is 965. The van der Waals surface area contributed by atoms with Crippen molar-refractivity contribution in [2.24, 2.45) is 0 Å². The van der Waals surface area contributed by atoms with Crippen LogP contribution in [0.5, 0.6) is 0 Å². The minimum absolute atomic E-state index is 0.0401. The fraction of sp³-hybridized carbons (Fsp3) is 0.250. The number of carbonyl (C=O) groups is 2. The summed E-state index contributed by atoms with van der Waals surface area (Å²) in [5, 5.41) is 7.49.